The van der Waals surface area contributed by atoms with E-state index in [0.29, 0.717) is 21.7 Å². The topological polar surface area (TPSA) is 68.5 Å². The van der Waals surface area contributed by atoms with Crippen molar-refractivity contribution in [1.29, 1.82) is 0 Å². The van der Waals surface area contributed by atoms with Gasteiger partial charge >= 0.3 is 11.7 Å². The molecule has 0 fully saturated rings. The molecule has 0 unspecified atom stereocenters. The molecule has 3 aromatic rings. The number of fused-ring (bicyclic) bond motifs is 1. The molecule has 0 aliphatic carbocycles. The number of halogens is 1. The molecule has 0 saturated carbocycles. The zero-order valence-corrected chi connectivity index (χ0v) is 12.0. The molecule has 3 rings (SSSR count). The monoisotopic (exact) mass is 315 g/mol. The highest BCUT2D eigenvalue weighted by Gasteiger charge is 2.11. The van der Waals surface area contributed by atoms with E-state index in [4.69, 9.17) is 20.8 Å². The summed E-state index contributed by atoms with van der Waals surface area (Å²) in [7, 11) is 0. The Kier molecular flexibility index (Phi) is 3.80. The Bertz CT molecular complexity index is 904. The van der Waals surface area contributed by atoms with Gasteiger partial charge in [0.15, 0.2) is 0 Å². The van der Waals surface area contributed by atoms with Crippen molar-refractivity contribution in [2.45, 2.75) is 0 Å². The number of anilines is 1. The summed E-state index contributed by atoms with van der Waals surface area (Å²) < 4.78 is 10.1. The number of rotatable bonds is 2. The van der Waals surface area contributed by atoms with Gasteiger partial charge in [0.1, 0.15) is 5.58 Å². The predicted molar refractivity (Wildman–Crippen MR) is 83.6 cm³/mol. The van der Waals surface area contributed by atoms with E-state index in [1.807, 2.05) is 0 Å². The molecular weight excluding hydrogens is 306 g/mol. The minimum absolute atomic E-state index is 0.182. The third-order valence-electron chi connectivity index (χ3n) is 2.88. The van der Waals surface area contributed by atoms with Gasteiger partial charge in [0.25, 0.3) is 0 Å². The predicted octanol–water partition coefficient (Wildman–Crippen LogP) is 4.06. The molecule has 22 heavy (non-hydrogen) atoms. The number of carbonyl (C=O) groups is 1. The van der Waals surface area contributed by atoms with Crippen LogP contribution in [0.5, 0.6) is 5.75 Å². The number of benzene rings is 2. The van der Waals surface area contributed by atoms with Gasteiger partial charge in [0, 0.05) is 16.1 Å². The van der Waals surface area contributed by atoms with Crippen molar-refractivity contribution in [2.75, 3.05) is 5.32 Å². The number of nitrogens with one attached hydrogen (secondary N) is 1. The molecule has 0 radical (unpaired) electrons. The first-order valence-corrected chi connectivity index (χ1v) is 6.77. The molecule has 0 aliphatic rings. The molecule has 1 heterocycles. The van der Waals surface area contributed by atoms with Crippen LogP contribution >= 0.6 is 11.6 Å². The van der Waals surface area contributed by atoms with E-state index in [9.17, 15) is 9.59 Å². The fraction of sp³-hybridized carbons (Fsp3) is 0. The van der Waals surface area contributed by atoms with Crippen LogP contribution in [0.2, 0.25) is 5.02 Å². The summed E-state index contributed by atoms with van der Waals surface area (Å²) in [6, 6.07) is 15.0. The summed E-state index contributed by atoms with van der Waals surface area (Å²) in [5.74, 6) is -0.182. The Hall–Kier alpha value is -2.79. The zero-order valence-electron chi connectivity index (χ0n) is 11.2. The number of hydrogen-bond donors (Lipinski definition) is 1. The van der Waals surface area contributed by atoms with Crippen molar-refractivity contribution >= 4 is 34.4 Å². The number of para-hydroxylation sites is 1. The van der Waals surface area contributed by atoms with Gasteiger partial charge < -0.3 is 9.15 Å². The Morgan fingerprint density at radius 3 is 2.73 bits per heavy atom. The summed E-state index contributed by atoms with van der Waals surface area (Å²) in [5.41, 5.74) is 0.165. The van der Waals surface area contributed by atoms with Crippen LogP contribution in [0, 0.1) is 0 Å². The Morgan fingerprint density at radius 2 is 1.91 bits per heavy atom. The molecule has 110 valence electrons. The SMILES string of the molecule is O=C(Nc1cccc(Cl)c1)Oc1cc2ccccc2oc1=O. The first-order valence-electron chi connectivity index (χ1n) is 6.39. The van der Waals surface area contributed by atoms with E-state index < -0.39 is 11.7 Å². The molecule has 0 aliphatic heterocycles. The van der Waals surface area contributed by atoms with E-state index in [2.05, 4.69) is 5.32 Å². The lowest BCUT2D eigenvalue weighted by Gasteiger charge is -2.06. The number of amides is 1. The second-order valence-corrected chi connectivity index (χ2v) is 4.90. The van der Waals surface area contributed by atoms with Crippen LogP contribution < -0.4 is 15.7 Å². The molecule has 1 aromatic heterocycles. The smallest absolute Gasteiger partial charge is 0.417 e. The minimum atomic E-state index is -0.801. The maximum atomic E-state index is 11.8. The normalized spacial score (nSPS) is 10.4. The molecule has 0 bridgehead atoms. The van der Waals surface area contributed by atoms with Gasteiger partial charge in [-0.2, -0.15) is 0 Å². The summed E-state index contributed by atoms with van der Waals surface area (Å²) in [4.78, 5) is 23.6. The van der Waals surface area contributed by atoms with E-state index in [-0.39, 0.29) is 5.75 Å². The Labute approximate surface area is 130 Å². The van der Waals surface area contributed by atoms with Crippen LogP contribution in [-0.2, 0) is 0 Å². The molecular formula is C16H10ClNO4. The molecule has 0 atom stereocenters. The standard InChI is InChI=1S/C16H10ClNO4/c17-11-5-3-6-12(9-11)18-16(20)22-14-8-10-4-1-2-7-13(10)21-15(14)19/h1-9H,(H,18,20). The molecule has 0 spiro atoms. The maximum Gasteiger partial charge on any atom is 0.417 e. The van der Waals surface area contributed by atoms with Gasteiger partial charge in [-0.05, 0) is 30.3 Å². The van der Waals surface area contributed by atoms with Crippen molar-refractivity contribution < 1.29 is 13.9 Å². The van der Waals surface area contributed by atoms with Gasteiger partial charge in [-0.15, -0.1) is 0 Å². The maximum absolute atomic E-state index is 11.8. The van der Waals surface area contributed by atoms with Crippen molar-refractivity contribution in [3.05, 3.63) is 70.0 Å². The van der Waals surface area contributed by atoms with Gasteiger partial charge in [0.2, 0.25) is 5.75 Å². The third-order valence-corrected chi connectivity index (χ3v) is 3.12. The van der Waals surface area contributed by atoms with Crippen LogP contribution in [-0.4, -0.2) is 6.09 Å². The number of hydrogen-bond acceptors (Lipinski definition) is 4. The second kappa shape index (κ2) is 5.91. The Balaban J connectivity index is 1.82. The summed E-state index contributed by atoms with van der Waals surface area (Å²) in [5, 5.41) is 3.62. The second-order valence-electron chi connectivity index (χ2n) is 4.46. The molecule has 1 amide bonds. The van der Waals surface area contributed by atoms with Gasteiger partial charge in [-0.3, -0.25) is 5.32 Å². The van der Waals surface area contributed by atoms with Crippen LogP contribution in [0.1, 0.15) is 0 Å². The van der Waals surface area contributed by atoms with Crippen molar-refractivity contribution in [3.8, 4) is 5.75 Å². The summed E-state index contributed by atoms with van der Waals surface area (Å²) >= 11 is 5.82. The van der Waals surface area contributed by atoms with Gasteiger partial charge in [0.05, 0.1) is 0 Å². The largest absolute Gasteiger partial charge is 0.420 e. The lowest BCUT2D eigenvalue weighted by Crippen LogP contribution is -2.20. The van der Waals surface area contributed by atoms with E-state index in [1.54, 1.807) is 48.5 Å². The van der Waals surface area contributed by atoms with Gasteiger partial charge in [-0.25, -0.2) is 9.59 Å². The summed E-state index contributed by atoms with van der Waals surface area (Å²) in [6.45, 7) is 0. The van der Waals surface area contributed by atoms with Gasteiger partial charge in [-0.1, -0.05) is 35.9 Å². The van der Waals surface area contributed by atoms with E-state index in [0.717, 1.165) is 0 Å². The zero-order chi connectivity index (χ0) is 15.5. The fourth-order valence-electron chi connectivity index (χ4n) is 1.92. The lowest BCUT2D eigenvalue weighted by molar-refractivity contribution is 0.213. The highest BCUT2D eigenvalue weighted by Crippen LogP contribution is 2.18. The van der Waals surface area contributed by atoms with E-state index >= 15 is 0 Å². The average molecular weight is 316 g/mol. The highest BCUT2D eigenvalue weighted by atomic mass is 35.5. The van der Waals surface area contributed by atoms with Crippen LogP contribution in [0.25, 0.3) is 11.0 Å². The quantitative estimate of drug-likeness (QED) is 0.724. The molecule has 6 heteroatoms. The van der Waals surface area contributed by atoms with Crippen molar-refractivity contribution in [2.24, 2.45) is 0 Å². The molecule has 5 nitrogen and oxygen atoms in total. The number of carbonyl (C=O) groups excluding carboxylic acids is 1. The summed E-state index contributed by atoms with van der Waals surface area (Å²) in [6.07, 6.45) is -0.801. The van der Waals surface area contributed by atoms with Crippen molar-refractivity contribution in [3.63, 3.8) is 0 Å². The number of ether oxygens (including phenoxy) is 1. The van der Waals surface area contributed by atoms with Crippen LogP contribution in [0.4, 0.5) is 10.5 Å². The fourth-order valence-corrected chi connectivity index (χ4v) is 2.11. The first-order chi connectivity index (χ1) is 10.6. The minimum Gasteiger partial charge on any atom is -0.420 e. The Morgan fingerprint density at radius 1 is 1.09 bits per heavy atom. The molecule has 0 saturated heterocycles. The van der Waals surface area contributed by atoms with Crippen LogP contribution in [0.15, 0.2) is 63.8 Å². The molecule has 1 N–H and O–H groups in total. The van der Waals surface area contributed by atoms with Crippen molar-refractivity contribution in [1.82, 2.24) is 0 Å². The highest BCUT2D eigenvalue weighted by molar-refractivity contribution is 6.30. The van der Waals surface area contributed by atoms with Crippen LogP contribution in [0.3, 0.4) is 0 Å². The first kappa shape index (κ1) is 14.2. The molecule has 2 aromatic carbocycles. The van der Waals surface area contributed by atoms with E-state index in [1.165, 1.54) is 6.07 Å². The average Bonchev–Trinajstić information content (AvgIpc) is 2.48. The third kappa shape index (κ3) is 3.10. The lowest BCUT2D eigenvalue weighted by atomic mass is 10.2.